The van der Waals surface area contributed by atoms with E-state index in [0.29, 0.717) is 6.54 Å². The Labute approximate surface area is 116 Å². The molecule has 0 bridgehead atoms. The van der Waals surface area contributed by atoms with E-state index in [0.717, 1.165) is 32.2 Å². The first-order chi connectivity index (χ1) is 7.90. The summed E-state index contributed by atoms with van der Waals surface area (Å²) in [6.45, 7) is 7.86. The van der Waals surface area contributed by atoms with Crippen LogP contribution in [-0.2, 0) is 4.79 Å². The van der Waals surface area contributed by atoms with Crippen molar-refractivity contribution in [2.75, 3.05) is 19.7 Å². The molecule has 1 amide bonds. The summed E-state index contributed by atoms with van der Waals surface area (Å²) in [7, 11) is 0. The van der Waals surface area contributed by atoms with Gasteiger partial charge in [-0.05, 0) is 44.6 Å². The van der Waals surface area contributed by atoms with Gasteiger partial charge in [0.2, 0.25) is 5.91 Å². The standard InChI is InChI=1S/C13H26N2O2.ClH/c1-12(2,10-16)6-4-8-14-11(17)13(3)7-5-9-15-13;/h15-16H,4-10H2,1-3H3,(H,14,17);1H. The number of carbonyl (C=O) groups is 1. The van der Waals surface area contributed by atoms with Crippen molar-refractivity contribution in [1.82, 2.24) is 10.6 Å². The Morgan fingerprint density at radius 3 is 2.67 bits per heavy atom. The molecule has 18 heavy (non-hydrogen) atoms. The number of rotatable bonds is 6. The first kappa shape index (κ1) is 17.7. The number of aliphatic hydroxyl groups excluding tert-OH is 1. The molecule has 3 N–H and O–H groups in total. The molecule has 0 radical (unpaired) electrons. The number of carbonyl (C=O) groups excluding carboxylic acids is 1. The molecule has 1 heterocycles. The van der Waals surface area contributed by atoms with Crippen molar-refractivity contribution in [3.05, 3.63) is 0 Å². The highest BCUT2D eigenvalue weighted by atomic mass is 35.5. The molecule has 1 aliphatic rings. The molecule has 0 saturated carbocycles. The van der Waals surface area contributed by atoms with E-state index in [2.05, 4.69) is 10.6 Å². The molecule has 0 aromatic heterocycles. The van der Waals surface area contributed by atoms with Gasteiger partial charge >= 0.3 is 0 Å². The Balaban J connectivity index is 0.00000289. The highest BCUT2D eigenvalue weighted by molar-refractivity contribution is 5.86. The first-order valence-corrected chi connectivity index (χ1v) is 6.54. The number of halogens is 1. The largest absolute Gasteiger partial charge is 0.396 e. The van der Waals surface area contributed by atoms with Crippen LogP contribution in [-0.4, -0.2) is 36.2 Å². The van der Waals surface area contributed by atoms with Gasteiger partial charge in [0.15, 0.2) is 0 Å². The van der Waals surface area contributed by atoms with E-state index in [-0.39, 0.29) is 35.9 Å². The van der Waals surface area contributed by atoms with Crippen molar-refractivity contribution >= 4 is 18.3 Å². The van der Waals surface area contributed by atoms with Gasteiger partial charge in [0.25, 0.3) is 0 Å². The van der Waals surface area contributed by atoms with Gasteiger partial charge in [-0.2, -0.15) is 0 Å². The second-order valence-electron chi connectivity index (χ2n) is 6.04. The van der Waals surface area contributed by atoms with Crippen molar-refractivity contribution in [1.29, 1.82) is 0 Å². The third-order valence-corrected chi connectivity index (χ3v) is 3.61. The zero-order valence-electron chi connectivity index (χ0n) is 11.7. The van der Waals surface area contributed by atoms with Gasteiger partial charge in [-0.25, -0.2) is 0 Å². The Morgan fingerprint density at radius 2 is 2.17 bits per heavy atom. The molecule has 1 fully saturated rings. The second kappa shape index (κ2) is 7.31. The summed E-state index contributed by atoms with van der Waals surface area (Å²) in [5.41, 5.74) is -0.410. The Hall–Kier alpha value is -0.320. The molecule has 1 atom stereocenters. The van der Waals surface area contributed by atoms with Crippen molar-refractivity contribution in [2.45, 2.75) is 52.0 Å². The quantitative estimate of drug-likeness (QED) is 0.645. The van der Waals surface area contributed by atoms with Crippen molar-refractivity contribution in [3.8, 4) is 0 Å². The summed E-state index contributed by atoms with van der Waals surface area (Å²) in [5.74, 6) is 0.108. The van der Waals surface area contributed by atoms with Gasteiger partial charge < -0.3 is 15.7 Å². The van der Waals surface area contributed by atoms with Crippen molar-refractivity contribution < 1.29 is 9.90 Å². The molecular weight excluding hydrogens is 252 g/mol. The summed E-state index contributed by atoms with van der Waals surface area (Å²) in [6.07, 6.45) is 3.83. The van der Waals surface area contributed by atoms with E-state index < -0.39 is 0 Å². The lowest BCUT2D eigenvalue weighted by Crippen LogP contribution is -2.51. The van der Waals surface area contributed by atoms with Crippen LogP contribution in [0.15, 0.2) is 0 Å². The van der Waals surface area contributed by atoms with Crippen LogP contribution in [0.2, 0.25) is 0 Å². The molecule has 108 valence electrons. The van der Waals surface area contributed by atoms with Crippen LogP contribution in [0, 0.1) is 5.41 Å². The smallest absolute Gasteiger partial charge is 0.240 e. The fraction of sp³-hybridized carbons (Fsp3) is 0.923. The molecule has 4 nitrogen and oxygen atoms in total. The lowest BCUT2D eigenvalue weighted by molar-refractivity contribution is -0.126. The maximum absolute atomic E-state index is 11.9. The third kappa shape index (κ3) is 5.12. The zero-order valence-corrected chi connectivity index (χ0v) is 12.5. The van der Waals surface area contributed by atoms with Crippen LogP contribution in [0.4, 0.5) is 0 Å². The van der Waals surface area contributed by atoms with Gasteiger partial charge in [0.05, 0.1) is 5.54 Å². The van der Waals surface area contributed by atoms with Crippen molar-refractivity contribution in [2.24, 2.45) is 5.41 Å². The zero-order chi connectivity index (χ0) is 12.9. The predicted octanol–water partition coefficient (Wildman–Crippen LogP) is 1.47. The number of aliphatic hydroxyl groups is 1. The van der Waals surface area contributed by atoms with Gasteiger partial charge in [-0.1, -0.05) is 13.8 Å². The average Bonchev–Trinajstić information content (AvgIpc) is 2.72. The lowest BCUT2D eigenvalue weighted by Gasteiger charge is -2.24. The molecule has 0 aromatic rings. The van der Waals surface area contributed by atoms with Crippen LogP contribution in [0.25, 0.3) is 0 Å². The SMILES string of the molecule is CC(C)(CO)CCCNC(=O)C1(C)CCCN1.Cl. The molecule has 1 rings (SSSR count). The molecule has 1 unspecified atom stereocenters. The highest BCUT2D eigenvalue weighted by Gasteiger charge is 2.35. The van der Waals surface area contributed by atoms with Crippen LogP contribution in [0.1, 0.15) is 46.5 Å². The number of amides is 1. The molecular formula is C13H27ClN2O2. The summed E-state index contributed by atoms with van der Waals surface area (Å²) >= 11 is 0. The van der Waals surface area contributed by atoms with E-state index in [1.54, 1.807) is 0 Å². The maximum Gasteiger partial charge on any atom is 0.240 e. The summed E-state index contributed by atoms with van der Waals surface area (Å²) in [5, 5.41) is 15.3. The molecule has 0 aliphatic carbocycles. The molecule has 0 aromatic carbocycles. The third-order valence-electron chi connectivity index (χ3n) is 3.61. The second-order valence-corrected chi connectivity index (χ2v) is 6.04. The Kier molecular flexibility index (Phi) is 7.18. The number of nitrogens with one attached hydrogen (secondary N) is 2. The number of hydrogen-bond donors (Lipinski definition) is 3. The molecule has 1 saturated heterocycles. The fourth-order valence-electron chi connectivity index (χ4n) is 2.13. The van der Waals surface area contributed by atoms with E-state index in [4.69, 9.17) is 5.11 Å². The van der Waals surface area contributed by atoms with E-state index in [1.807, 2.05) is 20.8 Å². The first-order valence-electron chi connectivity index (χ1n) is 6.54. The van der Waals surface area contributed by atoms with Gasteiger partial charge in [-0.15, -0.1) is 12.4 Å². The fourth-order valence-corrected chi connectivity index (χ4v) is 2.13. The van der Waals surface area contributed by atoms with E-state index in [1.165, 1.54) is 0 Å². The predicted molar refractivity (Wildman–Crippen MR) is 76.0 cm³/mol. The Morgan fingerprint density at radius 1 is 1.50 bits per heavy atom. The van der Waals surface area contributed by atoms with Crippen LogP contribution < -0.4 is 10.6 Å². The number of hydrogen-bond acceptors (Lipinski definition) is 3. The summed E-state index contributed by atoms with van der Waals surface area (Å²) in [4.78, 5) is 11.9. The van der Waals surface area contributed by atoms with Crippen LogP contribution in [0.5, 0.6) is 0 Å². The van der Waals surface area contributed by atoms with E-state index >= 15 is 0 Å². The summed E-state index contributed by atoms with van der Waals surface area (Å²) < 4.78 is 0. The molecule has 5 heteroatoms. The topological polar surface area (TPSA) is 61.4 Å². The Bertz CT molecular complexity index is 264. The van der Waals surface area contributed by atoms with Gasteiger partial charge in [0.1, 0.15) is 0 Å². The average molecular weight is 279 g/mol. The van der Waals surface area contributed by atoms with Gasteiger partial charge in [-0.3, -0.25) is 4.79 Å². The lowest BCUT2D eigenvalue weighted by atomic mass is 9.89. The van der Waals surface area contributed by atoms with Crippen LogP contribution >= 0.6 is 12.4 Å². The molecule has 1 aliphatic heterocycles. The highest BCUT2D eigenvalue weighted by Crippen LogP contribution is 2.21. The van der Waals surface area contributed by atoms with Crippen molar-refractivity contribution in [3.63, 3.8) is 0 Å². The summed E-state index contributed by atoms with van der Waals surface area (Å²) in [6, 6.07) is 0. The minimum atomic E-state index is -0.369. The van der Waals surface area contributed by atoms with Gasteiger partial charge in [0, 0.05) is 13.2 Å². The molecule has 0 spiro atoms. The van der Waals surface area contributed by atoms with E-state index in [9.17, 15) is 4.79 Å². The van der Waals surface area contributed by atoms with Crippen LogP contribution in [0.3, 0.4) is 0 Å². The normalized spacial score (nSPS) is 23.6. The minimum Gasteiger partial charge on any atom is -0.396 e. The minimum absolute atomic E-state index is 0. The maximum atomic E-state index is 11.9. The monoisotopic (exact) mass is 278 g/mol.